The number of carbonyl (C=O) groups is 1. The molecule has 0 atom stereocenters. The van der Waals surface area contributed by atoms with E-state index in [1.54, 1.807) is 6.92 Å². The Morgan fingerprint density at radius 1 is 1.43 bits per heavy atom. The molecule has 7 nitrogen and oxygen atoms in total. The summed E-state index contributed by atoms with van der Waals surface area (Å²) in [5, 5.41) is 11.1. The number of rotatable bonds is 3. The molecule has 0 spiro atoms. The van der Waals surface area contributed by atoms with Crippen LogP contribution in [-0.4, -0.2) is 26.1 Å². The molecule has 106 valence electrons. The predicted octanol–water partition coefficient (Wildman–Crippen LogP) is 1.78. The van der Waals surface area contributed by atoms with Crippen molar-refractivity contribution in [3.05, 3.63) is 51.3 Å². The molecule has 0 aromatic carbocycles. The van der Waals surface area contributed by atoms with Gasteiger partial charge in [-0.25, -0.2) is 0 Å². The number of carbonyl (C=O) groups excluding carboxylic acids is 1. The molecule has 0 saturated heterocycles. The number of hydrogen-bond acceptors (Lipinski definition) is 5. The summed E-state index contributed by atoms with van der Waals surface area (Å²) < 4.78 is 0. The molecule has 3 aromatic heterocycles. The van der Waals surface area contributed by atoms with Crippen LogP contribution in [0.25, 0.3) is 10.7 Å². The molecule has 0 aliphatic rings. The molecule has 1 amide bonds. The van der Waals surface area contributed by atoms with Crippen molar-refractivity contribution in [2.45, 2.75) is 6.92 Å². The van der Waals surface area contributed by atoms with Crippen molar-refractivity contribution in [3.8, 4) is 10.7 Å². The van der Waals surface area contributed by atoms with Crippen LogP contribution in [0.2, 0.25) is 0 Å². The summed E-state index contributed by atoms with van der Waals surface area (Å²) in [6.45, 7) is 1.74. The number of anilines is 1. The summed E-state index contributed by atoms with van der Waals surface area (Å²) in [5.41, 5.74) is 0.357. The van der Waals surface area contributed by atoms with Crippen LogP contribution in [0.4, 0.5) is 5.95 Å². The number of H-pyrrole nitrogens is 2. The summed E-state index contributed by atoms with van der Waals surface area (Å²) >= 11 is 1.51. The quantitative estimate of drug-likeness (QED) is 0.686. The molecule has 3 heterocycles. The topological polar surface area (TPSA) is 104 Å². The maximum Gasteiger partial charge on any atom is 0.263 e. The van der Waals surface area contributed by atoms with Crippen LogP contribution >= 0.6 is 11.3 Å². The van der Waals surface area contributed by atoms with Gasteiger partial charge in [-0.3, -0.25) is 20.0 Å². The third kappa shape index (κ3) is 2.75. The summed E-state index contributed by atoms with van der Waals surface area (Å²) in [6.07, 6.45) is 1.37. The van der Waals surface area contributed by atoms with Crippen LogP contribution in [0.15, 0.2) is 34.6 Å². The highest BCUT2D eigenvalue weighted by molar-refractivity contribution is 7.13. The zero-order valence-corrected chi connectivity index (χ0v) is 11.8. The van der Waals surface area contributed by atoms with E-state index in [1.165, 1.54) is 23.6 Å². The third-order valence-electron chi connectivity index (χ3n) is 2.77. The zero-order valence-electron chi connectivity index (χ0n) is 11.0. The lowest BCUT2D eigenvalue weighted by molar-refractivity contribution is 0.102. The number of hydrogen-bond donors (Lipinski definition) is 3. The van der Waals surface area contributed by atoms with Crippen molar-refractivity contribution in [2.75, 3.05) is 5.32 Å². The van der Waals surface area contributed by atoms with E-state index in [4.69, 9.17) is 0 Å². The Kier molecular flexibility index (Phi) is 3.36. The maximum absolute atomic E-state index is 12.0. The lowest BCUT2D eigenvalue weighted by Gasteiger charge is -2.00. The molecule has 0 radical (unpaired) electrons. The van der Waals surface area contributed by atoms with Crippen LogP contribution in [0, 0.1) is 6.92 Å². The molecule has 0 fully saturated rings. The van der Waals surface area contributed by atoms with E-state index in [-0.39, 0.29) is 16.9 Å². The normalized spacial score (nSPS) is 10.5. The van der Waals surface area contributed by atoms with Crippen LogP contribution in [0.3, 0.4) is 0 Å². The highest BCUT2D eigenvalue weighted by Crippen LogP contribution is 2.21. The molecule has 0 bridgehead atoms. The van der Waals surface area contributed by atoms with E-state index in [1.807, 2.05) is 17.5 Å². The van der Waals surface area contributed by atoms with Gasteiger partial charge in [-0.05, 0) is 18.4 Å². The fourth-order valence-electron chi connectivity index (χ4n) is 1.76. The summed E-state index contributed by atoms with van der Waals surface area (Å²) in [4.78, 5) is 31.7. The first-order chi connectivity index (χ1) is 10.1. The molecule has 0 aliphatic carbocycles. The van der Waals surface area contributed by atoms with Crippen molar-refractivity contribution in [1.29, 1.82) is 0 Å². The van der Waals surface area contributed by atoms with E-state index in [0.29, 0.717) is 11.5 Å². The van der Waals surface area contributed by atoms with Gasteiger partial charge in [0, 0.05) is 18.0 Å². The van der Waals surface area contributed by atoms with Crippen LogP contribution in [0.5, 0.6) is 0 Å². The number of aromatic amines is 2. The third-order valence-corrected chi connectivity index (χ3v) is 3.64. The molecule has 3 N–H and O–H groups in total. The number of thiophene rings is 1. The van der Waals surface area contributed by atoms with Gasteiger partial charge < -0.3 is 4.98 Å². The molecule has 8 heteroatoms. The Hall–Kier alpha value is -2.74. The first kappa shape index (κ1) is 13.3. The number of nitrogens with one attached hydrogen (secondary N) is 3. The van der Waals surface area contributed by atoms with E-state index in [9.17, 15) is 9.59 Å². The molecule has 0 unspecified atom stereocenters. The second kappa shape index (κ2) is 5.33. The molecule has 3 aromatic rings. The van der Waals surface area contributed by atoms with Crippen molar-refractivity contribution in [1.82, 2.24) is 20.2 Å². The van der Waals surface area contributed by atoms with Gasteiger partial charge in [0.15, 0.2) is 11.3 Å². The van der Waals surface area contributed by atoms with Gasteiger partial charge in [-0.1, -0.05) is 6.07 Å². The van der Waals surface area contributed by atoms with Crippen molar-refractivity contribution >= 4 is 23.2 Å². The van der Waals surface area contributed by atoms with Crippen LogP contribution in [-0.2, 0) is 0 Å². The monoisotopic (exact) mass is 301 g/mol. The minimum absolute atomic E-state index is 0.0167. The highest BCUT2D eigenvalue weighted by atomic mass is 32.1. The van der Waals surface area contributed by atoms with E-state index < -0.39 is 5.91 Å². The van der Waals surface area contributed by atoms with Gasteiger partial charge in [0.25, 0.3) is 5.91 Å². The molecular weight excluding hydrogens is 290 g/mol. The minimum atomic E-state index is -0.548. The van der Waals surface area contributed by atoms with E-state index in [0.717, 1.165) is 4.88 Å². The largest absolute Gasteiger partial charge is 0.364 e. The Bertz CT molecular complexity index is 834. The predicted molar refractivity (Wildman–Crippen MR) is 79.4 cm³/mol. The highest BCUT2D eigenvalue weighted by Gasteiger charge is 2.14. The molecule has 0 saturated carbocycles. The summed E-state index contributed by atoms with van der Waals surface area (Å²) in [6, 6.07) is 5.15. The lowest BCUT2D eigenvalue weighted by atomic mass is 10.2. The van der Waals surface area contributed by atoms with Crippen molar-refractivity contribution in [2.24, 2.45) is 0 Å². The number of aromatic nitrogens is 4. The number of aryl methyl sites for hydroxylation is 1. The zero-order chi connectivity index (χ0) is 14.8. The van der Waals surface area contributed by atoms with Gasteiger partial charge in [0.1, 0.15) is 5.56 Å². The summed E-state index contributed by atoms with van der Waals surface area (Å²) in [7, 11) is 0. The average molecular weight is 301 g/mol. The molecular formula is C13H11N5O2S. The van der Waals surface area contributed by atoms with Gasteiger partial charge in [0.05, 0.1) is 4.88 Å². The number of nitrogens with zero attached hydrogens (tertiary/aromatic N) is 2. The van der Waals surface area contributed by atoms with E-state index in [2.05, 4.69) is 25.5 Å². The Morgan fingerprint density at radius 3 is 3.00 bits per heavy atom. The number of pyridine rings is 1. The van der Waals surface area contributed by atoms with Gasteiger partial charge in [-0.15, -0.1) is 16.4 Å². The smallest absolute Gasteiger partial charge is 0.263 e. The van der Waals surface area contributed by atoms with Crippen molar-refractivity contribution < 1.29 is 4.79 Å². The average Bonchev–Trinajstić information content (AvgIpc) is 3.08. The Labute approximate surface area is 123 Å². The fraction of sp³-hybridized carbons (Fsp3) is 0.0769. The van der Waals surface area contributed by atoms with E-state index >= 15 is 0 Å². The molecule has 0 aliphatic heterocycles. The molecule has 3 rings (SSSR count). The van der Waals surface area contributed by atoms with Crippen molar-refractivity contribution in [3.63, 3.8) is 0 Å². The first-order valence-electron chi connectivity index (χ1n) is 6.10. The molecule has 21 heavy (non-hydrogen) atoms. The lowest BCUT2D eigenvalue weighted by Crippen LogP contribution is -2.22. The van der Waals surface area contributed by atoms with Crippen LogP contribution in [0.1, 0.15) is 16.1 Å². The SMILES string of the molecule is Cc1cc(=O)c(C(=O)Nc2n[nH]c(-c3cccs3)n2)c[nH]1. The Balaban J connectivity index is 1.80. The maximum atomic E-state index is 12.0. The van der Waals surface area contributed by atoms with Gasteiger partial charge in [-0.2, -0.15) is 4.98 Å². The summed E-state index contributed by atoms with van der Waals surface area (Å²) in [5.74, 6) is 0.148. The van der Waals surface area contributed by atoms with Gasteiger partial charge >= 0.3 is 0 Å². The Morgan fingerprint density at radius 2 is 2.29 bits per heavy atom. The first-order valence-corrected chi connectivity index (χ1v) is 6.98. The van der Waals surface area contributed by atoms with Gasteiger partial charge in [0.2, 0.25) is 5.95 Å². The minimum Gasteiger partial charge on any atom is -0.364 e. The fourth-order valence-corrected chi connectivity index (χ4v) is 2.42. The second-order valence-electron chi connectivity index (χ2n) is 4.33. The standard InChI is InChI=1S/C13H11N5O2S/c1-7-5-9(19)8(6-14-7)12(20)16-13-15-11(17-18-13)10-3-2-4-21-10/h2-6H,1H3,(H,14,19)(H2,15,16,17,18,20). The van der Waals surface area contributed by atoms with Crippen LogP contribution < -0.4 is 10.7 Å². The second-order valence-corrected chi connectivity index (χ2v) is 5.28. The number of amides is 1.